The lowest BCUT2D eigenvalue weighted by atomic mass is 10.0. The van der Waals surface area contributed by atoms with Crippen molar-refractivity contribution in [3.8, 4) is 0 Å². The van der Waals surface area contributed by atoms with Crippen LogP contribution in [0.25, 0.3) is 0 Å². The Labute approximate surface area is 94.4 Å². The van der Waals surface area contributed by atoms with Crippen molar-refractivity contribution in [3.05, 3.63) is 11.6 Å². The van der Waals surface area contributed by atoms with Gasteiger partial charge in [0.25, 0.3) is 0 Å². The Morgan fingerprint density at radius 1 is 1.56 bits per heavy atom. The summed E-state index contributed by atoms with van der Waals surface area (Å²) in [5, 5.41) is 0. The molecule has 0 N–H and O–H groups in total. The molecule has 90 valence electrons. The number of rotatable bonds is 3. The minimum absolute atomic E-state index is 0.347. The lowest BCUT2D eigenvalue weighted by Gasteiger charge is -2.22. The van der Waals surface area contributed by atoms with Gasteiger partial charge in [0, 0.05) is 12.5 Å². The number of ether oxygens (including phenoxy) is 3. The highest BCUT2D eigenvalue weighted by Gasteiger charge is 2.25. The first kappa shape index (κ1) is 12.7. The molecule has 0 aromatic rings. The van der Waals surface area contributed by atoms with Gasteiger partial charge in [0.2, 0.25) is 0 Å². The summed E-state index contributed by atoms with van der Waals surface area (Å²) in [6, 6.07) is 0. The average Bonchev–Trinajstić information content (AvgIpc) is 2.28. The highest BCUT2D eigenvalue weighted by atomic mass is 16.6. The fourth-order valence-electron chi connectivity index (χ4n) is 1.50. The Kier molecular flexibility index (Phi) is 4.98. The smallest absolute Gasteiger partial charge is 0.335 e. The van der Waals surface area contributed by atoms with Crippen LogP contribution < -0.4 is 0 Å². The Morgan fingerprint density at radius 2 is 2.31 bits per heavy atom. The lowest BCUT2D eigenvalue weighted by Crippen LogP contribution is -2.30. The first-order valence-corrected chi connectivity index (χ1v) is 5.23. The molecular weight excluding hydrogens is 212 g/mol. The van der Waals surface area contributed by atoms with Crippen LogP contribution in [0.4, 0.5) is 0 Å². The second-order valence-electron chi connectivity index (χ2n) is 3.39. The summed E-state index contributed by atoms with van der Waals surface area (Å²) < 4.78 is 14.6. The standard InChI is InChI=1S/C11H16O5/c1-3-15-10(12)7-8-4-5-16-9(6-8)11(13)14-2/h7,9H,3-6H2,1-2H3/b8-7+. The molecule has 1 saturated heterocycles. The van der Waals surface area contributed by atoms with E-state index >= 15 is 0 Å². The molecular formula is C11H16O5. The Morgan fingerprint density at radius 3 is 2.94 bits per heavy atom. The molecule has 0 radical (unpaired) electrons. The Hall–Kier alpha value is -1.36. The largest absolute Gasteiger partial charge is 0.467 e. The van der Waals surface area contributed by atoms with Gasteiger partial charge in [-0.05, 0) is 13.3 Å². The molecule has 1 aliphatic heterocycles. The van der Waals surface area contributed by atoms with E-state index in [-0.39, 0.29) is 5.97 Å². The SMILES string of the molecule is CCOC(=O)/C=C1\CCOC(C(=O)OC)C1. The van der Waals surface area contributed by atoms with Gasteiger partial charge < -0.3 is 14.2 Å². The summed E-state index contributed by atoms with van der Waals surface area (Å²) in [7, 11) is 1.31. The quantitative estimate of drug-likeness (QED) is 0.529. The van der Waals surface area contributed by atoms with Crippen molar-refractivity contribution in [2.75, 3.05) is 20.3 Å². The van der Waals surface area contributed by atoms with E-state index in [1.807, 2.05) is 0 Å². The molecule has 1 aliphatic rings. The monoisotopic (exact) mass is 228 g/mol. The van der Waals surface area contributed by atoms with Crippen LogP contribution in [0.1, 0.15) is 19.8 Å². The second-order valence-corrected chi connectivity index (χ2v) is 3.39. The zero-order valence-electron chi connectivity index (χ0n) is 9.52. The predicted octanol–water partition coefficient (Wildman–Crippen LogP) is 0.828. The van der Waals surface area contributed by atoms with Gasteiger partial charge in [0.15, 0.2) is 6.10 Å². The molecule has 1 unspecified atom stereocenters. The molecule has 0 aromatic heterocycles. The van der Waals surface area contributed by atoms with Crippen LogP contribution in [0.2, 0.25) is 0 Å². The third-order valence-corrected chi connectivity index (χ3v) is 2.26. The first-order chi connectivity index (χ1) is 7.67. The molecule has 1 rings (SSSR count). The van der Waals surface area contributed by atoms with E-state index < -0.39 is 12.1 Å². The summed E-state index contributed by atoms with van der Waals surface area (Å²) >= 11 is 0. The molecule has 1 fully saturated rings. The van der Waals surface area contributed by atoms with E-state index in [0.29, 0.717) is 26.1 Å². The van der Waals surface area contributed by atoms with Crippen LogP contribution in [0.3, 0.4) is 0 Å². The maximum absolute atomic E-state index is 11.2. The van der Waals surface area contributed by atoms with Crippen LogP contribution >= 0.6 is 0 Å². The van der Waals surface area contributed by atoms with Gasteiger partial charge >= 0.3 is 11.9 Å². The molecule has 0 aliphatic carbocycles. The Balaban J connectivity index is 2.56. The third kappa shape index (κ3) is 3.66. The highest BCUT2D eigenvalue weighted by molar-refractivity contribution is 5.83. The van der Waals surface area contributed by atoms with Gasteiger partial charge in [-0.1, -0.05) is 5.57 Å². The summed E-state index contributed by atoms with van der Waals surface area (Å²) in [5.74, 6) is -0.780. The lowest BCUT2D eigenvalue weighted by molar-refractivity contribution is -0.155. The molecule has 16 heavy (non-hydrogen) atoms. The number of carbonyl (C=O) groups is 2. The summed E-state index contributed by atoms with van der Waals surface area (Å²) in [4.78, 5) is 22.4. The normalized spacial score (nSPS) is 22.9. The van der Waals surface area contributed by atoms with Crippen LogP contribution in [-0.4, -0.2) is 38.4 Å². The summed E-state index contributed by atoms with van der Waals surface area (Å²) in [5.41, 5.74) is 0.861. The van der Waals surface area contributed by atoms with E-state index in [2.05, 4.69) is 4.74 Å². The molecule has 0 saturated carbocycles. The fraction of sp³-hybridized carbons (Fsp3) is 0.636. The minimum Gasteiger partial charge on any atom is -0.467 e. The van der Waals surface area contributed by atoms with Crippen LogP contribution in [0, 0.1) is 0 Å². The molecule has 0 bridgehead atoms. The third-order valence-electron chi connectivity index (χ3n) is 2.26. The van der Waals surface area contributed by atoms with Gasteiger partial charge in [-0.15, -0.1) is 0 Å². The van der Waals surface area contributed by atoms with Crippen molar-refractivity contribution >= 4 is 11.9 Å². The maximum atomic E-state index is 11.2. The number of carbonyl (C=O) groups excluding carboxylic acids is 2. The van der Waals surface area contributed by atoms with Crippen molar-refractivity contribution in [1.82, 2.24) is 0 Å². The first-order valence-electron chi connectivity index (χ1n) is 5.23. The molecule has 5 nitrogen and oxygen atoms in total. The highest BCUT2D eigenvalue weighted by Crippen LogP contribution is 2.20. The zero-order chi connectivity index (χ0) is 12.0. The predicted molar refractivity (Wildman–Crippen MR) is 55.7 cm³/mol. The molecule has 1 heterocycles. The molecule has 0 aromatic carbocycles. The average molecular weight is 228 g/mol. The number of methoxy groups -OCH3 is 1. The number of hydrogen-bond donors (Lipinski definition) is 0. The fourth-order valence-corrected chi connectivity index (χ4v) is 1.50. The summed E-state index contributed by atoms with van der Waals surface area (Å²) in [6.07, 6.45) is 1.87. The van der Waals surface area contributed by atoms with E-state index in [1.54, 1.807) is 6.92 Å². The zero-order valence-corrected chi connectivity index (χ0v) is 9.52. The van der Waals surface area contributed by atoms with Crippen LogP contribution in [-0.2, 0) is 23.8 Å². The molecule has 0 spiro atoms. The number of hydrogen-bond acceptors (Lipinski definition) is 5. The van der Waals surface area contributed by atoms with Gasteiger partial charge in [-0.2, -0.15) is 0 Å². The van der Waals surface area contributed by atoms with Crippen molar-refractivity contribution in [3.63, 3.8) is 0 Å². The van der Waals surface area contributed by atoms with Crippen molar-refractivity contribution in [1.29, 1.82) is 0 Å². The van der Waals surface area contributed by atoms with Crippen molar-refractivity contribution in [2.45, 2.75) is 25.9 Å². The van der Waals surface area contributed by atoms with E-state index in [1.165, 1.54) is 13.2 Å². The summed E-state index contributed by atoms with van der Waals surface area (Å²) in [6.45, 7) is 2.52. The van der Waals surface area contributed by atoms with Crippen LogP contribution in [0.15, 0.2) is 11.6 Å². The Bertz CT molecular complexity index is 295. The molecule has 5 heteroatoms. The number of esters is 2. The minimum atomic E-state index is -0.598. The van der Waals surface area contributed by atoms with E-state index in [0.717, 1.165) is 5.57 Å². The van der Waals surface area contributed by atoms with E-state index in [4.69, 9.17) is 9.47 Å². The molecule has 0 amide bonds. The van der Waals surface area contributed by atoms with Gasteiger partial charge in [-0.3, -0.25) is 0 Å². The van der Waals surface area contributed by atoms with Gasteiger partial charge in [0.05, 0.1) is 20.3 Å². The van der Waals surface area contributed by atoms with E-state index in [9.17, 15) is 9.59 Å². The maximum Gasteiger partial charge on any atom is 0.335 e. The van der Waals surface area contributed by atoms with Crippen molar-refractivity contribution < 1.29 is 23.8 Å². The van der Waals surface area contributed by atoms with Gasteiger partial charge in [-0.25, -0.2) is 9.59 Å². The second kappa shape index (κ2) is 6.27. The topological polar surface area (TPSA) is 61.8 Å². The molecule has 1 atom stereocenters. The van der Waals surface area contributed by atoms with Crippen LogP contribution in [0.5, 0.6) is 0 Å². The van der Waals surface area contributed by atoms with Crippen molar-refractivity contribution in [2.24, 2.45) is 0 Å². The van der Waals surface area contributed by atoms with Gasteiger partial charge in [0.1, 0.15) is 0 Å².